The van der Waals surface area contributed by atoms with Crippen molar-refractivity contribution in [3.8, 4) is 16.9 Å². The van der Waals surface area contributed by atoms with E-state index in [0.717, 1.165) is 48.2 Å². The molecular formula is C32H32F2N4O2S. The van der Waals surface area contributed by atoms with Gasteiger partial charge in [-0.2, -0.15) is 0 Å². The number of pyridine rings is 2. The monoisotopic (exact) mass is 574 g/mol. The van der Waals surface area contributed by atoms with Gasteiger partial charge in [-0.15, -0.1) is 11.8 Å². The second-order valence-electron chi connectivity index (χ2n) is 10.5. The van der Waals surface area contributed by atoms with Gasteiger partial charge in [-0.05, 0) is 47.9 Å². The van der Waals surface area contributed by atoms with Crippen LogP contribution in [0.2, 0.25) is 0 Å². The van der Waals surface area contributed by atoms with Crippen LogP contribution in [0.5, 0.6) is 5.75 Å². The van der Waals surface area contributed by atoms with Gasteiger partial charge >= 0.3 is 0 Å². The number of thioether (sulfide) groups is 1. The Balaban J connectivity index is 1.37. The molecular weight excluding hydrogens is 542 g/mol. The van der Waals surface area contributed by atoms with E-state index in [1.54, 1.807) is 42.1 Å². The number of aromatic nitrogens is 2. The normalized spacial score (nSPS) is 17.1. The van der Waals surface area contributed by atoms with Crippen LogP contribution in [0.25, 0.3) is 11.1 Å². The third-order valence-corrected chi connectivity index (χ3v) is 9.43. The van der Waals surface area contributed by atoms with Crippen molar-refractivity contribution in [2.24, 2.45) is 0 Å². The van der Waals surface area contributed by atoms with Crippen LogP contribution in [0.15, 0.2) is 76.8 Å². The van der Waals surface area contributed by atoms with Gasteiger partial charge in [0.15, 0.2) is 11.6 Å². The summed E-state index contributed by atoms with van der Waals surface area (Å²) in [6, 6.07) is 15.5. The van der Waals surface area contributed by atoms with E-state index >= 15 is 4.39 Å². The van der Waals surface area contributed by atoms with E-state index in [1.165, 1.54) is 13.2 Å². The molecule has 2 aliphatic heterocycles. The molecule has 1 saturated heterocycles. The number of rotatable bonds is 7. The molecule has 0 amide bonds. The Morgan fingerprint density at radius 3 is 2.49 bits per heavy atom. The summed E-state index contributed by atoms with van der Waals surface area (Å²) in [6.45, 7) is 6.08. The molecule has 0 aliphatic carbocycles. The maximum absolute atomic E-state index is 15.6. The van der Waals surface area contributed by atoms with Crippen LogP contribution in [0.1, 0.15) is 22.7 Å². The van der Waals surface area contributed by atoms with E-state index in [2.05, 4.69) is 14.8 Å². The number of anilines is 1. The molecule has 6 rings (SSSR count). The smallest absolute Gasteiger partial charge is 0.260 e. The molecule has 2 aromatic carbocycles. The van der Waals surface area contributed by atoms with Crippen LogP contribution in [0, 0.1) is 18.6 Å². The van der Waals surface area contributed by atoms with E-state index in [0.29, 0.717) is 29.7 Å². The summed E-state index contributed by atoms with van der Waals surface area (Å²) in [7, 11) is 1.41. The van der Waals surface area contributed by atoms with Gasteiger partial charge in [0.25, 0.3) is 5.56 Å². The summed E-state index contributed by atoms with van der Waals surface area (Å²) >= 11 is 1.64. The molecule has 2 aliphatic rings. The van der Waals surface area contributed by atoms with Crippen molar-refractivity contribution in [3.63, 3.8) is 0 Å². The van der Waals surface area contributed by atoms with Gasteiger partial charge in [0, 0.05) is 68.5 Å². The van der Waals surface area contributed by atoms with Gasteiger partial charge in [-0.1, -0.05) is 30.3 Å². The minimum absolute atomic E-state index is 0.0811. The first-order valence-corrected chi connectivity index (χ1v) is 14.8. The van der Waals surface area contributed by atoms with Crippen molar-refractivity contribution >= 4 is 17.4 Å². The minimum Gasteiger partial charge on any atom is -0.494 e. The van der Waals surface area contributed by atoms with Crippen molar-refractivity contribution in [1.82, 2.24) is 14.5 Å². The average molecular weight is 575 g/mol. The highest BCUT2D eigenvalue weighted by Gasteiger charge is 2.33. The number of fused-ring (bicyclic) bond motifs is 1. The number of hydrogen-bond donors (Lipinski definition) is 0. The molecule has 1 unspecified atom stereocenters. The third-order valence-electron chi connectivity index (χ3n) is 8.16. The Morgan fingerprint density at radius 2 is 1.76 bits per heavy atom. The Bertz CT molecular complexity index is 1620. The lowest BCUT2D eigenvalue weighted by atomic mass is 9.94. The van der Waals surface area contributed by atoms with E-state index in [9.17, 15) is 9.18 Å². The quantitative estimate of drug-likeness (QED) is 0.288. The molecule has 212 valence electrons. The van der Waals surface area contributed by atoms with Gasteiger partial charge in [-0.3, -0.25) is 19.2 Å². The summed E-state index contributed by atoms with van der Waals surface area (Å²) in [4.78, 5) is 23.1. The molecule has 6 nitrogen and oxygen atoms in total. The summed E-state index contributed by atoms with van der Waals surface area (Å²) < 4.78 is 37.5. The molecule has 4 heterocycles. The molecule has 0 radical (unpaired) electrons. The summed E-state index contributed by atoms with van der Waals surface area (Å²) in [6.07, 6.45) is 3.94. The molecule has 0 bridgehead atoms. The lowest BCUT2D eigenvalue weighted by Crippen LogP contribution is -2.48. The fourth-order valence-corrected chi connectivity index (χ4v) is 7.34. The molecule has 0 spiro atoms. The first-order chi connectivity index (χ1) is 20.0. The molecule has 1 fully saturated rings. The van der Waals surface area contributed by atoms with Gasteiger partial charge in [0.05, 0.1) is 23.7 Å². The van der Waals surface area contributed by atoms with Gasteiger partial charge in [0.1, 0.15) is 5.82 Å². The average Bonchev–Trinajstić information content (AvgIpc) is 3.41. The number of methoxy groups -OCH3 is 1. The van der Waals surface area contributed by atoms with Gasteiger partial charge in [0.2, 0.25) is 0 Å². The number of piperazine rings is 1. The molecule has 1 atom stereocenters. The predicted molar refractivity (Wildman–Crippen MR) is 159 cm³/mol. The van der Waals surface area contributed by atoms with Crippen molar-refractivity contribution < 1.29 is 13.5 Å². The molecule has 4 aromatic rings. The minimum atomic E-state index is -0.568. The number of nitrogens with zero attached hydrogens (tertiary/aromatic N) is 4. The zero-order chi connectivity index (χ0) is 28.5. The second kappa shape index (κ2) is 11.7. The molecule has 41 heavy (non-hydrogen) atoms. The SMILES string of the molecule is COc1cccc(-c2c(C)c(Cc3ccccc3F)c3n(c2=O)C(CN2CCN(c4ccncc4)CC2)CS3)c1F. The Kier molecular flexibility index (Phi) is 7.81. The molecule has 9 heteroatoms. The zero-order valence-electron chi connectivity index (χ0n) is 23.1. The maximum Gasteiger partial charge on any atom is 0.260 e. The van der Waals surface area contributed by atoms with E-state index in [-0.39, 0.29) is 28.7 Å². The van der Waals surface area contributed by atoms with E-state index in [4.69, 9.17) is 4.74 Å². The summed E-state index contributed by atoms with van der Waals surface area (Å²) in [5.74, 6) is -0.0480. The van der Waals surface area contributed by atoms with E-state index < -0.39 is 5.82 Å². The van der Waals surface area contributed by atoms with Crippen LogP contribution in [-0.2, 0) is 6.42 Å². The summed E-state index contributed by atoms with van der Waals surface area (Å²) in [5, 5.41) is 0.850. The topological polar surface area (TPSA) is 50.6 Å². The van der Waals surface area contributed by atoms with Crippen LogP contribution in [0.4, 0.5) is 14.5 Å². The van der Waals surface area contributed by atoms with Gasteiger partial charge < -0.3 is 9.64 Å². The fourth-order valence-electron chi connectivity index (χ4n) is 5.96. The summed E-state index contributed by atoms with van der Waals surface area (Å²) in [5.41, 5.74) is 3.55. The first kappa shape index (κ1) is 27.5. The molecule has 0 saturated carbocycles. The Morgan fingerprint density at radius 1 is 1.00 bits per heavy atom. The van der Waals surface area contributed by atoms with Crippen LogP contribution in [0.3, 0.4) is 0 Å². The largest absolute Gasteiger partial charge is 0.494 e. The van der Waals surface area contributed by atoms with Crippen molar-refractivity contribution in [2.75, 3.05) is 50.5 Å². The van der Waals surface area contributed by atoms with Crippen molar-refractivity contribution in [3.05, 3.63) is 106 Å². The van der Waals surface area contributed by atoms with Crippen molar-refractivity contribution in [1.29, 1.82) is 0 Å². The van der Waals surface area contributed by atoms with Crippen LogP contribution in [-0.4, -0.2) is 60.0 Å². The van der Waals surface area contributed by atoms with Crippen molar-refractivity contribution in [2.45, 2.75) is 24.4 Å². The first-order valence-electron chi connectivity index (χ1n) is 13.8. The second-order valence-corrected chi connectivity index (χ2v) is 11.5. The van der Waals surface area contributed by atoms with Crippen LogP contribution < -0.4 is 15.2 Å². The van der Waals surface area contributed by atoms with E-state index in [1.807, 2.05) is 42.1 Å². The number of benzene rings is 2. The zero-order valence-corrected chi connectivity index (χ0v) is 24.0. The highest BCUT2D eigenvalue weighted by molar-refractivity contribution is 7.99. The third kappa shape index (κ3) is 5.24. The van der Waals surface area contributed by atoms with Gasteiger partial charge in [-0.25, -0.2) is 8.78 Å². The molecule has 2 aromatic heterocycles. The molecule has 0 N–H and O–H groups in total. The number of halogens is 2. The Labute approximate surface area is 242 Å². The maximum atomic E-state index is 15.6. The van der Waals surface area contributed by atoms with Crippen LogP contribution >= 0.6 is 11.8 Å². The lowest BCUT2D eigenvalue weighted by molar-refractivity contribution is 0.224. The lowest BCUT2D eigenvalue weighted by Gasteiger charge is -2.37. The standard InChI is InChI=1S/C32H32F2N4O2S/c1-21-26(18-22-6-3-4-8-27(22)33)32-38(31(39)29(21)25-7-5-9-28(40-2)30(25)34)24(20-41-32)19-36-14-16-37(17-15-36)23-10-12-35-13-11-23/h3-13,24H,14-20H2,1-2H3. The number of hydrogen-bond acceptors (Lipinski definition) is 6. The highest BCUT2D eigenvalue weighted by Crippen LogP contribution is 2.41. The fraction of sp³-hybridized carbons (Fsp3) is 0.312. The highest BCUT2D eigenvalue weighted by atomic mass is 32.2. The Hall–Kier alpha value is -3.69. The predicted octanol–water partition coefficient (Wildman–Crippen LogP) is 5.57. The number of ether oxygens (including phenoxy) is 1.